The predicted octanol–water partition coefficient (Wildman–Crippen LogP) is -0.163. The van der Waals surface area contributed by atoms with Gasteiger partial charge in [0.05, 0.1) is 21.1 Å². The molecule has 0 aromatic rings. The van der Waals surface area contributed by atoms with Crippen molar-refractivity contribution < 1.29 is 14.4 Å². The third-order valence-corrected chi connectivity index (χ3v) is 1.50. The Bertz CT molecular complexity index is 191. The standard InChI is InChI=1S/C7H14N2O3S/c1-9(2,3)5-6(12-8-11)4-7(10)13/h6H,4-5H2,1-3H3. The summed E-state index contributed by atoms with van der Waals surface area (Å²) in [6.07, 6.45) is -0.459. The second-order valence-electron chi connectivity index (χ2n) is 3.85. The monoisotopic (exact) mass is 206 g/mol. The van der Waals surface area contributed by atoms with E-state index in [9.17, 15) is 10.0 Å². The molecule has 1 unspecified atom stereocenters. The lowest BCUT2D eigenvalue weighted by atomic mass is 10.2. The van der Waals surface area contributed by atoms with Gasteiger partial charge in [-0.1, -0.05) is 5.05 Å². The zero-order chi connectivity index (χ0) is 10.5. The van der Waals surface area contributed by atoms with E-state index in [2.05, 4.69) is 22.4 Å². The summed E-state index contributed by atoms with van der Waals surface area (Å²) in [6.45, 7) is 0.522. The fraction of sp³-hybridized carbons (Fsp3) is 0.857. The summed E-state index contributed by atoms with van der Waals surface area (Å²) in [5.41, 5.74) is 0. The van der Waals surface area contributed by atoms with Crippen molar-refractivity contribution in [2.75, 3.05) is 27.7 Å². The van der Waals surface area contributed by atoms with Crippen LogP contribution in [0.25, 0.3) is 0 Å². The topological polar surface area (TPSA) is 61.7 Å². The highest BCUT2D eigenvalue weighted by Gasteiger charge is 2.19. The van der Waals surface area contributed by atoms with Gasteiger partial charge in [0.15, 0.2) is 11.4 Å². The molecule has 0 aromatic carbocycles. The van der Waals surface area contributed by atoms with E-state index in [1.54, 1.807) is 0 Å². The number of quaternary nitrogens is 1. The third kappa shape index (κ3) is 7.61. The summed E-state index contributed by atoms with van der Waals surface area (Å²) in [5, 5.41) is 12.5. The number of hydrogen-bond donors (Lipinski definition) is 0. The Hall–Kier alpha value is -0.750. The normalized spacial score (nSPS) is 13.5. The highest BCUT2D eigenvalue weighted by molar-refractivity contribution is 7.79. The number of nitrogens with zero attached hydrogens (tertiary/aromatic N) is 2. The van der Waals surface area contributed by atoms with Crippen molar-refractivity contribution in [1.29, 1.82) is 0 Å². The molecule has 0 aliphatic rings. The molecule has 0 bridgehead atoms. The zero-order valence-corrected chi connectivity index (χ0v) is 8.84. The second-order valence-corrected chi connectivity index (χ2v) is 4.31. The Morgan fingerprint density at radius 3 is 2.46 bits per heavy atom. The van der Waals surface area contributed by atoms with Crippen LogP contribution >= 0.6 is 12.2 Å². The molecule has 0 aliphatic heterocycles. The Morgan fingerprint density at radius 1 is 1.62 bits per heavy atom. The van der Waals surface area contributed by atoms with Gasteiger partial charge in [-0.3, -0.25) is 0 Å². The summed E-state index contributed by atoms with van der Waals surface area (Å²) in [4.78, 5) is 14.4. The van der Waals surface area contributed by atoms with E-state index in [0.29, 0.717) is 11.0 Å². The van der Waals surface area contributed by atoms with Crippen molar-refractivity contribution in [2.45, 2.75) is 12.5 Å². The van der Waals surface area contributed by atoms with Crippen molar-refractivity contribution in [3.63, 3.8) is 0 Å². The van der Waals surface area contributed by atoms with Gasteiger partial charge in [0.2, 0.25) is 0 Å². The Kier molecular flexibility index (Phi) is 4.79. The molecule has 6 heteroatoms. The van der Waals surface area contributed by atoms with Crippen molar-refractivity contribution >= 4 is 17.3 Å². The van der Waals surface area contributed by atoms with Gasteiger partial charge in [-0.25, -0.2) is 0 Å². The lowest BCUT2D eigenvalue weighted by Crippen LogP contribution is -2.43. The predicted molar refractivity (Wildman–Crippen MR) is 50.8 cm³/mol. The molecular formula is C7H14N2O3S. The molecule has 0 amide bonds. The van der Waals surface area contributed by atoms with E-state index in [1.807, 2.05) is 21.1 Å². The highest BCUT2D eigenvalue weighted by atomic mass is 32.1. The van der Waals surface area contributed by atoms with Gasteiger partial charge in [0.25, 0.3) is 0 Å². The van der Waals surface area contributed by atoms with Crippen LogP contribution < -0.4 is 5.11 Å². The quantitative estimate of drug-likeness (QED) is 0.262. The van der Waals surface area contributed by atoms with Crippen LogP contribution in [0.1, 0.15) is 6.42 Å². The molecule has 0 spiro atoms. The first-order valence-corrected chi connectivity index (χ1v) is 4.25. The first-order chi connectivity index (χ1) is 5.85. The van der Waals surface area contributed by atoms with Crippen LogP contribution in [-0.4, -0.2) is 43.3 Å². The summed E-state index contributed by atoms with van der Waals surface area (Å²) < 4.78 is 0.586. The molecular weight excluding hydrogens is 192 g/mol. The maximum absolute atomic E-state index is 10.6. The van der Waals surface area contributed by atoms with Gasteiger partial charge in [0, 0.05) is 6.42 Å². The van der Waals surface area contributed by atoms with Gasteiger partial charge in [0.1, 0.15) is 6.54 Å². The van der Waals surface area contributed by atoms with Crippen molar-refractivity contribution in [1.82, 2.24) is 0 Å². The van der Waals surface area contributed by atoms with Gasteiger partial charge >= 0.3 is 0 Å². The zero-order valence-electron chi connectivity index (χ0n) is 8.02. The number of hydrogen-bond acceptors (Lipinski definition) is 5. The lowest BCUT2D eigenvalue weighted by Gasteiger charge is -2.27. The van der Waals surface area contributed by atoms with Crippen LogP contribution in [0.3, 0.4) is 0 Å². The van der Waals surface area contributed by atoms with Crippen LogP contribution in [0.5, 0.6) is 0 Å². The van der Waals surface area contributed by atoms with Crippen LogP contribution in [0.4, 0.5) is 0 Å². The first-order valence-electron chi connectivity index (χ1n) is 3.84. The Morgan fingerprint density at radius 2 is 2.15 bits per heavy atom. The molecule has 0 heterocycles. The van der Waals surface area contributed by atoms with Crippen LogP contribution in [-0.2, 0) is 4.84 Å². The van der Waals surface area contributed by atoms with E-state index in [4.69, 9.17) is 0 Å². The Labute approximate surface area is 82.8 Å². The van der Waals surface area contributed by atoms with E-state index >= 15 is 0 Å². The number of thiocarbonyl (C=S) groups is 1. The van der Waals surface area contributed by atoms with Crippen molar-refractivity contribution in [3.05, 3.63) is 4.91 Å². The number of rotatable bonds is 6. The third-order valence-electron chi connectivity index (χ3n) is 1.34. The minimum atomic E-state index is -0.512. The smallest absolute Gasteiger partial charge is 0.182 e. The average molecular weight is 206 g/mol. The lowest BCUT2D eigenvalue weighted by molar-refractivity contribution is -0.873. The van der Waals surface area contributed by atoms with E-state index < -0.39 is 11.2 Å². The molecule has 0 saturated heterocycles. The van der Waals surface area contributed by atoms with Gasteiger partial charge in [-0.05, 0) is 0 Å². The molecule has 0 aromatic heterocycles. The van der Waals surface area contributed by atoms with E-state index in [1.165, 1.54) is 0 Å². The maximum Gasteiger partial charge on any atom is 0.182 e. The molecule has 0 saturated carbocycles. The molecule has 0 fully saturated rings. The SMILES string of the molecule is C[N+](C)(C)CC(CC([O-])=S)ON=O. The van der Waals surface area contributed by atoms with Crippen LogP contribution in [0.2, 0.25) is 0 Å². The summed E-state index contributed by atoms with van der Waals surface area (Å²) >= 11 is 4.39. The average Bonchev–Trinajstić information content (AvgIpc) is 1.81. The molecule has 13 heavy (non-hydrogen) atoms. The molecule has 0 radical (unpaired) electrons. The molecule has 5 nitrogen and oxygen atoms in total. The molecule has 1 atom stereocenters. The van der Waals surface area contributed by atoms with Gasteiger partial charge < -0.3 is 14.4 Å². The molecule has 76 valence electrons. The second kappa shape index (κ2) is 5.08. The molecule has 0 aliphatic carbocycles. The summed E-state index contributed by atoms with van der Waals surface area (Å²) in [6, 6.07) is 0. The minimum absolute atomic E-state index is 0.0522. The maximum atomic E-state index is 10.6. The van der Waals surface area contributed by atoms with Gasteiger partial charge in [-0.2, -0.15) is 0 Å². The summed E-state index contributed by atoms with van der Waals surface area (Å²) in [7, 11) is 5.78. The molecule has 0 rings (SSSR count). The fourth-order valence-corrected chi connectivity index (χ4v) is 1.18. The van der Waals surface area contributed by atoms with Crippen molar-refractivity contribution in [3.8, 4) is 0 Å². The van der Waals surface area contributed by atoms with Crippen LogP contribution in [0.15, 0.2) is 5.34 Å². The summed E-state index contributed by atoms with van der Waals surface area (Å²) in [5.74, 6) is 0. The van der Waals surface area contributed by atoms with Crippen LogP contribution in [0, 0.1) is 4.91 Å². The minimum Gasteiger partial charge on any atom is -0.867 e. The fourth-order valence-electron chi connectivity index (χ4n) is 0.993. The van der Waals surface area contributed by atoms with Crippen molar-refractivity contribution in [2.24, 2.45) is 5.34 Å². The number of likely N-dealkylation sites (N-methyl/N-ethyl adjacent to an activating group) is 1. The van der Waals surface area contributed by atoms with Gasteiger partial charge in [-0.15, -0.1) is 17.1 Å². The largest absolute Gasteiger partial charge is 0.867 e. The molecule has 0 N–H and O–H groups in total. The van der Waals surface area contributed by atoms with E-state index in [-0.39, 0.29) is 6.42 Å². The van der Waals surface area contributed by atoms with E-state index in [0.717, 1.165) is 0 Å². The Balaban J connectivity index is 4.09. The first kappa shape index (κ1) is 12.2. The highest BCUT2D eigenvalue weighted by Crippen LogP contribution is 2.04.